The Morgan fingerprint density at radius 2 is 2.08 bits per heavy atom. The van der Waals surface area contributed by atoms with Gasteiger partial charge < -0.3 is 9.73 Å². The van der Waals surface area contributed by atoms with Gasteiger partial charge in [-0.2, -0.15) is 0 Å². The molecule has 1 aromatic carbocycles. The van der Waals surface area contributed by atoms with E-state index in [0.29, 0.717) is 4.88 Å². The lowest BCUT2D eigenvalue weighted by Gasteiger charge is -2.17. The molecule has 2 aromatic heterocycles. The summed E-state index contributed by atoms with van der Waals surface area (Å²) >= 11 is 1.28. The fourth-order valence-electron chi connectivity index (χ4n) is 2.48. The van der Waals surface area contributed by atoms with Gasteiger partial charge in [-0.3, -0.25) is 4.79 Å². The van der Waals surface area contributed by atoms with E-state index >= 15 is 0 Å². The molecule has 0 bridgehead atoms. The predicted octanol–water partition coefficient (Wildman–Crippen LogP) is 3.73. The van der Waals surface area contributed by atoms with Crippen molar-refractivity contribution in [1.82, 2.24) is 5.32 Å². The van der Waals surface area contributed by atoms with Crippen LogP contribution in [0.1, 0.15) is 26.2 Å². The molecule has 26 heavy (non-hydrogen) atoms. The minimum absolute atomic E-state index is 0.0158. The SMILES string of the molecule is Cc1cc(S(=O)(=O)[C@@H](CNC(=O)c2ccco2)c2cccs2)ccc1F. The fourth-order valence-corrected chi connectivity index (χ4v) is 5.34. The number of furan rings is 1. The molecule has 0 aliphatic heterocycles. The van der Waals surface area contributed by atoms with Crippen molar-refractivity contribution in [1.29, 1.82) is 0 Å². The number of amides is 1. The molecule has 1 amide bonds. The summed E-state index contributed by atoms with van der Waals surface area (Å²) in [4.78, 5) is 12.7. The molecular weight excluding hydrogens is 377 g/mol. The van der Waals surface area contributed by atoms with Gasteiger partial charge in [-0.05, 0) is 54.3 Å². The number of nitrogens with one attached hydrogen (secondary N) is 1. The second-order valence-electron chi connectivity index (χ2n) is 5.65. The highest BCUT2D eigenvalue weighted by atomic mass is 32.2. The van der Waals surface area contributed by atoms with Crippen molar-refractivity contribution in [3.63, 3.8) is 0 Å². The maximum absolute atomic E-state index is 13.5. The standard InChI is InChI=1S/C18H16FNO4S2/c1-12-10-13(6-7-14(12)19)26(22,23)17(16-5-3-9-25-16)11-20-18(21)15-4-2-8-24-15/h2-10,17H,11H2,1H3,(H,20,21)/t17-/m0/s1. The lowest BCUT2D eigenvalue weighted by molar-refractivity contribution is 0.0926. The summed E-state index contributed by atoms with van der Waals surface area (Å²) in [7, 11) is -3.83. The van der Waals surface area contributed by atoms with E-state index in [4.69, 9.17) is 4.42 Å². The quantitative estimate of drug-likeness (QED) is 0.648. The molecule has 0 saturated carbocycles. The molecule has 0 saturated heterocycles. The first-order chi connectivity index (χ1) is 12.4. The predicted molar refractivity (Wildman–Crippen MR) is 96.4 cm³/mol. The zero-order chi connectivity index (χ0) is 18.7. The van der Waals surface area contributed by atoms with Crippen LogP contribution in [0, 0.1) is 12.7 Å². The highest BCUT2D eigenvalue weighted by Crippen LogP contribution is 2.32. The van der Waals surface area contributed by atoms with E-state index in [0.717, 1.165) is 6.07 Å². The second-order valence-corrected chi connectivity index (χ2v) is 8.76. The highest BCUT2D eigenvalue weighted by Gasteiger charge is 2.31. The average Bonchev–Trinajstić information content (AvgIpc) is 3.30. The third kappa shape index (κ3) is 3.71. The largest absolute Gasteiger partial charge is 0.459 e. The Kier molecular flexibility index (Phi) is 5.24. The molecule has 0 radical (unpaired) electrons. The van der Waals surface area contributed by atoms with E-state index in [1.807, 2.05) is 0 Å². The Balaban J connectivity index is 1.90. The number of carbonyl (C=O) groups excluding carboxylic acids is 1. The van der Waals surface area contributed by atoms with Gasteiger partial charge in [-0.15, -0.1) is 11.3 Å². The van der Waals surface area contributed by atoms with Crippen LogP contribution in [0.15, 0.2) is 63.4 Å². The second kappa shape index (κ2) is 7.43. The van der Waals surface area contributed by atoms with Crippen molar-refractivity contribution in [3.8, 4) is 0 Å². The summed E-state index contributed by atoms with van der Waals surface area (Å²) in [5.41, 5.74) is 0.246. The lowest BCUT2D eigenvalue weighted by atomic mass is 10.2. The van der Waals surface area contributed by atoms with Crippen molar-refractivity contribution in [2.45, 2.75) is 17.1 Å². The number of sulfone groups is 1. The van der Waals surface area contributed by atoms with Crippen LogP contribution in [0.25, 0.3) is 0 Å². The van der Waals surface area contributed by atoms with Crippen LogP contribution < -0.4 is 5.32 Å². The molecule has 1 atom stereocenters. The monoisotopic (exact) mass is 393 g/mol. The topological polar surface area (TPSA) is 76.4 Å². The molecule has 0 fully saturated rings. The Morgan fingerprint density at radius 3 is 2.69 bits per heavy atom. The van der Waals surface area contributed by atoms with Gasteiger partial charge in [0.15, 0.2) is 15.6 Å². The van der Waals surface area contributed by atoms with Crippen LogP contribution in [0.5, 0.6) is 0 Å². The lowest BCUT2D eigenvalue weighted by Crippen LogP contribution is -2.31. The summed E-state index contributed by atoms with van der Waals surface area (Å²) in [5.74, 6) is -0.866. The Bertz CT molecular complexity index is 996. The smallest absolute Gasteiger partial charge is 0.287 e. The number of carbonyl (C=O) groups is 1. The van der Waals surface area contributed by atoms with Gasteiger partial charge in [-0.25, -0.2) is 12.8 Å². The van der Waals surface area contributed by atoms with Crippen LogP contribution >= 0.6 is 11.3 Å². The van der Waals surface area contributed by atoms with Gasteiger partial charge in [-0.1, -0.05) is 6.07 Å². The average molecular weight is 393 g/mol. The Labute approximate surface area is 154 Å². The summed E-state index contributed by atoms with van der Waals surface area (Å²) < 4.78 is 44.7. The van der Waals surface area contributed by atoms with E-state index < -0.39 is 26.8 Å². The van der Waals surface area contributed by atoms with Gasteiger partial charge >= 0.3 is 0 Å². The molecule has 0 unspecified atom stereocenters. The molecule has 0 spiro atoms. The molecule has 5 nitrogen and oxygen atoms in total. The van der Waals surface area contributed by atoms with Crippen molar-refractivity contribution in [2.24, 2.45) is 0 Å². The van der Waals surface area contributed by atoms with Crippen LogP contribution in [0.2, 0.25) is 0 Å². The maximum Gasteiger partial charge on any atom is 0.287 e. The van der Waals surface area contributed by atoms with Crippen molar-refractivity contribution in [3.05, 3.63) is 76.1 Å². The number of halogens is 1. The molecule has 0 aliphatic carbocycles. The number of hydrogen-bond acceptors (Lipinski definition) is 5. The molecule has 136 valence electrons. The van der Waals surface area contributed by atoms with Crippen molar-refractivity contribution in [2.75, 3.05) is 6.54 Å². The zero-order valence-corrected chi connectivity index (χ0v) is 15.4. The van der Waals surface area contributed by atoms with Gasteiger partial charge in [0.1, 0.15) is 11.1 Å². The van der Waals surface area contributed by atoms with Gasteiger partial charge in [0.05, 0.1) is 11.2 Å². The van der Waals surface area contributed by atoms with E-state index in [9.17, 15) is 17.6 Å². The molecular formula is C18H16FNO4S2. The van der Waals surface area contributed by atoms with Crippen molar-refractivity contribution < 1.29 is 22.0 Å². The first-order valence-corrected chi connectivity index (χ1v) is 10.2. The van der Waals surface area contributed by atoms with Gasteiger partial charge in [0, 0.05) is 11.4 Å². The van der Waals surface area contributed by atoms with E-state index in [-0.39, 0.29) is 22.8 Å². The van der Waals surface area contributed by atoms with Gasteiger partial charge in [0.25, 0.3) is 5.91 Å². The number of rotatable bonds is 6. The van der Waals surface area contributed by atoms with E-state index in [1.54, 1.807) is 23.6 Å². The van der Waals surface area contributed by atoms with Crippen LogP contribution in [-0.2, 0) is 9.84 Å². The number of thiophene rings is 1. The number of aryl methyl sites for hydroxylation is 1. The normalized spacial score (nSPS) is 12.7. The molecule has 3 aromatic rings. The molecule has 1 N–H and O–H groups in total. The molecule has 8 heteroatoms. The Morgan fingerprint density at radius 1 is 1.27 bits per heavy atom. The van der Waals surface area contributed by atoms with Crippen LogP contribution in [0.3, 0.4) is 0 Å². The van der Waals surface area contributed by atoms with Gasteiger partial charge in [0.2, 0.25) is 0 Å². The molecule has 3 rings (SSSR count). The van der Waals surface area contributed by atoms with Crippen LogP contribution in [-0.4, -0.2) is 20.9 Å². The fraction of sp³-hybridized carbons (Fsp3) is 0.167. The highest BCUT2D eigenvalue weighted by molar-refractivity contribution is 7.91. The van der Waals surface area contributed by atoms with Crippen molar-refractivity contribution >= 4 is 27.1 Å². The molecule has 2 heterocycles. The van der Waals surface area contributed by atoms with E-state index in [1.165, 1.54) is 42.7 Å². The minimum atomic E-state index is -3.83. The maximum atomic E-state index is 13.5. The summed E-state index contributed by atoms with van der Waals surface area (Å²) in [6, 6.07) is 10.2. The minimum Gasteiger partial charge on any atom is -0.459 e. The van der Waals surface area contributed by atoms with E-state index in [2.05, 4.69) is 5.32 Å². The first-order valence-electron chi connectivity index (χ1n) is 7.75. The Hall–Kier alpha value is -2.45. The summed E-state index contributed by atoms with van der Waals surface area (Å²) in [6.07, 6.45) is 1.36. The third-order valence-corrected chi connectivity index (χ3v) is 7.10. The zero-order valence-electron chi connectivity index (χ0n) is 13.8. The van der Waals surface area contributed by atoms with Crippen LogP contribution in [0.4, 0.5) is 4.39 Å². The first kappa shape index (κ1) is 18.3. The number of benzene rings is 1. The molecule has 0 aliphatic rings. The third-order valence-electron chi connectivity index (χ3n) is 3.89. The summed E-state index contributed by atoms with van der Waals surface area (Å²) in [5, 5.41) is 3.38. The summed E-state index contributed by atoms with van der Waals surface area (Å²) in [6.45, 7) is 1.38. The number of hydrogen-bond donors (Lipinski definition) is 1.